The summed E-state index contributed by atoms with van der Waals surface area (Å²) in [5, 5.41) is 8.78. The Kier molecular flexibility index (Phi) is 2.91. The number of hydrogen-bond donors (Lipinski definition) is 0. The minimum atomic E-state index is 0.363. The number of hydrogen-bond acceptors (Lipinski definition) is 2. The number of benzene rings is 1. The van der Waals surface area contributed by atoms with Crippen molar-refractivity contribution in [2.45, 2.75) is 19.9 Å². The SMILES string of the molecule is CC(C)n1cc(-c2ccnn2-c2ccccc2)cn1. The van der Waals surface area contributed by atoms with Gasteiger partial charge < -0.3 is 0 Å². The Hall–Kier alpha value is -2.36. The maximum Gasteiger partial charge on any atom is 0.0772 e. The predicted molar refractivity (Wildman–Crippen MR) is 75.2 cm³/mol. The molecule has 0 N–H and O–H groups in total. The van der Waals surface area contributed by atoms with Crippen molar-refractivity contribution in [2.75, 3.05) is 0 Å². The standard InChI is InChI=1S/C15H16N4/c1-12(2)18-11-13(10-17-18)15-8-9-16-19(15)14-6-4-3-5-7-14/h3-12H,1-2H3. The van der Waals surface area contributed by atoms with Crippen LogP contribution in [0.25, 0.3) is 16.9 Å². The fraction of sp³-hybridized carbons (Fsp3) is 0.200. The van der Waals surface area contributed by atoms with Gasteiger partial charge in [-0.25, -0.2) is 4.68 Å². The quantitative estimate of drug-likeness (QED) is 0.717. The third-order valence-electron chi connectivity index (χ3n) is 3.07. The predicted octanol–water partition coefficient (Wildman–Crippen LogP) is 3.32. The molecule has 2 aromatic heterocycles. The van der Waals surface area contributed by atoms with Crippen LogP contribution in [0.5, 0.6) is 0 Å². The number of rotatable bonds is 3. The maximum absolute atomic E-state index is 4.40. The molecule has 4 heteroatoms. The van der Waals surface area contributed by atoms with E-state index in [4.69, 9.17) is 0 Å². The third kappa shape index (κ3) is 2.17. The van der Waals surface area contributed by atoms with Crippen LogP contribution in [-0.4, -0.2) is 19.6 Å². The lowest BCUT2D eigenvalue weighted by Crippen LogP contribution is -2.00. The first-order chi connectivity index (χ1) is 9.25. The molecule has 2 heterocycles. The fourth-order valence-electron chi connectivity index (χ4n) is 2.05. The van der Waals surface area contributed by atoms with Gasteiger partial charge in [-0.15, -0.1) is 0 Å². The Morgan fingerprint density at radius 3 is 2.47 bits per heavy atom. The van der Waals surface area contributed by atoms with Crippen molar-refractivity contribution in [2.24, 2.45) is 0 Å². The van der Waals surface area contributed by atoms with Crippen LogP contribution in [0.2, 0.25) is 0 Å². The van der Waals surface area contributed by atoms with Crippen LogP contribution in [0.3, 0.4) is 0 Å². The third-order valence-corrected chi connectivity index (χ3v) is 3.07. The highest BCUT2D eigenvalue weighted by Gasteiger charge is 2.10. The van der Waals surface area contributed by atoms with Crippen LogP contribution in [0.15, 0.2) is 55.0 Å². The van der Waals surface area contributed by atoms with Crippen molar-refractivity contribution in [3.05, 3.63) is 55.0 Å². The largest absolute Gasteiger partial charge is 0.270 e. The summed E-state index contributed by atoms with van der Waals surface area (Å²) >= 11 is 0. The molecule has 0 atom stereocenters. The smallest absolute Gasteiger partial charge is 0.0772 e. The van der Waals surface area contributed by atoms with E-state index in [1.807, 2.05) is 58.2 Å². The number of nitrogens with zero attached hydrogens (tertiary/aromatic N) is 4. The molecule has 0 bridgehead atoms. The number of para-hydroxylation sites is 1. The summed E-state index contributed by atoms with van der Waals surface area (Å²) in [5.41, 5.74) is 3.19. The van der Waals surface area contributed by atoms with E-state index in [-0.39, 0.29) is 0 Å². The van der Waals surface area contributed by atoms with E-state index in [0.29, 0.717) is 6.04 Å². The summed E-state index contributed by atoms with van der Waals surface area (Å²) < 4.78 is 3.89. The molecule has 0 aliphatic carbocycles. The molecule has 3 rings (SSSR count). The summed E-state index contributed by atoms with van der Waals surface area (Å²) in [6.45, 7) is 4.23. The van der Waals surface area contributed by atoms with Gasteiger partial charge in [0.05, 0.1) is 23.8 Å². The van der Waals surface area contributed by atoms with E-state index in [1.165, 1.54) is 0 Å². The lowest BCUT2D eigenvalue weighted by molar-refractivity contribution is 0.532. The second-order valence-electron chi connectivity index (χ2n) is 4.77. The van der Waals surface area contributed by atoms with Gasteiger partial charge in [-0.05, 0) is 32.0 Å². The van der Waals surface area contributed by atoms with Crippen molar-refractivity contribution in [1.29, 1.82) is 0 Å². The summed E-state index contributed by atoms with van der Waals surface area (Å²) in [4.78, 5) is 0. The van der Waals surface area contributed by atoms with Gasteiger partial charge in [0.15, 0.2) is 0 Å². The minimum absolute atomic E-state index is 0.363. The maximum atomic E-state index is 4.40. The van der Waals surface area contributed by atoms with Crippen molar-refractivity contribution >= 4 is 0 Å². The molecule has 4 nitrogen and oxygen atoms in total. The molecule has 0 fully saturated rings. The second-order valence-corrected chi connectivity index (χ2v) is 4.77. The summed E-state index contributed by atoms with van der Waals surface area (Å²) in [6, 6.07) is 12.5. The highest BCUT2D eigenvalue weighted by Crippen LogP contribution is 2.22. The zero-order valence-corrected chi connectivity index (χ0v) is 11.1. The lowest BCUT2D eigenvalue weighted by atomic mass is 10.2. The minimum Gasteiger partial charge on any atom is -0.270 e. The highest BCUT2D eigenvalue weighted by molar-refractivity contribution is 5.60. The van der Waals surface area contributed by atoms with Crippen LogP contribution in [0, 0.1) is 0 Å². The van der Waals surface area contributed by atoms with Crippen molar-refractivity contribution in [3.63, 3.8) is 0 Å². The Balaban J connectivity index is 2.04. The normalized spacial score (nSPS) is 11.1. The van der Waals surface area contributed by atoms with Gasteiger partial charge >= 0.3 is 0 Å². The molecule has 3 aromatic rings. The Morgan fingerprint density at radius 1 is 1.00 bits per heavy atom. The van der Waals surface area contributed by atoms with Crippen LogP contribution in [0.1, 0.15) is 19.9 Å². The average molecular weight is 252 g/mol. The molecule has 0 unspecified atom stereocenters. The number of aromatic nitrogens is 4. The zero-order chi connectivity index (χ0) is 13.2. The van der Waals surface area contributed by atoms with Gasteiger partial charge in [-0.1, -0.05) is 18.2 Å². The van der Waals surface area contributed by atoms with Gasteiger partial charge in [0.25, 0.3) is 0 Å². The fourth-order valence-corrected chi connectivity index (χ4v) is 2.05. The monoisotopic (exact) mass is 252 g/mol. The van der Waals surface area contributed by atoms with Crippen molar-refractivity contribution < 1.29 is 0 Å². The molecule has 1 aromatic carbocycles. The van der Waals surface area contributed by atoms with E-state index < -0.39 is 0 Å². The molecule has 0 spiro atoms. The molecule has 0 saturated heterocycles. The lowest BCUT2D eigenvalue weighted by Gasteiger charge is -2.06. The summed E-state index contributed by atoms with van der Waals surface area (Å²) in [6.07, 6.45) is 5.76. The van der Waals surface area contributed by atoms with E-state index in [1.54, 1.807) is 0 Å². The van der Waals surface area contributed by atoms with E-state index in [9.17, 15) is 0 Å². The van der Waals surface area contributed by atoms with Crippen LogP contribution in [0.4, 0.5) is 0 Å². The highest BCUT2D eigenvalue weighted by atomic mass is 15.3. The Labute approximate surface area is 112 Å². The molecule has 0 radical (unpaired) electrons. The van der Waals surface area contributed by atoms with Gasteiger partial charge in [0.2, 0.25) is 0 Å². The molecule has 0 saturated carbocycles. The van der Waals surface area contributed by atoms with Gasteiger partial charge in [-0.3, -0.25) is 4.68 Å². The topological polar surface area (TPSA) is 35.6 Å². The van der Waals surface area contributed by atoms with Crippen molar-refractivity contribution in [3.8, 4) is 16.9 Å². The molecular weight excluding hydrogens is 236 g/mol. The van der Waals surface area contributed by atoms with E-state index in [0.717, 1.165) is 16.9 Å². The molecule has 0 aliphatic rings. The summed E-state index contributed by atoms with van der Waals surface area (Å²) in [5.74, 6) is 0. The molecule has 19 heavy (non-hydrogen) atoms. The van der Waals surface area contributed by atoms with Gasteiger partial charge in [0, 0.05) is 17.8 Å². The molecule has 96 valence electrons. The molecular formula is C15H16N4. The summed E-state index contributed by atoms with van der Waals surface area (Å²) in [7, 11) is 0. The van der Waals surface area contributed by atoms with E-state index in [2.05, 4.69) is 30.2 Å². The first-order valence-electron chi connectivity index (χ1n) is 6.39. The van der Waals surface area contributed by atoms with Gasteiger partial charge in [-0.2, -0.15) is 10.2 Å². The molecule has 0 amide bonds. The second kappa shape index (κ2) is 4.72. The average Bonchev–Trinajstić information content (AvgIpc) is 3.08. The Bertz CT molecular complexity index is 664. The van der Waals surface area contributed by atoms with Crippen LogP contribution < -0.4 is 0 Å². The van der Waals surface area contributed by atoms with Crippen LogP contribution in [-0.2, 0) is 0 Å². The Morgan fingerprint density at radius 2 is 1.79 bits per heavy atom. The van der Waals surface area contributed by atoms with Crippen molar-refractivity contribution in [1.82, 2.24) is 19.6 Å². The first-order valence-corrected chi connectivity index (χ1v) is 6.39. The van der Waals surface area contributed by atoms with Gasteiger partial charge in [0.1, 0.15) is 0 Å². The van der Waals surface area contributed by atoms with E-state index >= 15 is 0 Å². The zero-order valence-electron chi connectivity index (χ0n) is 11.1. The first kappa shape index (κ1) is 11.7. The molecule has 0 aliphatic heterocycles. The van der Waals surface area contributed by atoms with Crippen LogP contribution >= 0.6 is 0 Å².